The van der Waals surface area contributed by atoms with E-state index < -0.39 is 0 Å². The third kappa shape index (κ3) is 5.29. The second kappa shape index (κ2) is 8.48. The number of hydrogen-bond acceptors (Lipinski definition) is 3. The fourth-order valence-corrected chi connectivity index (χ4v) is 2.06. The van der Waals surface area contributed by atoms with Gasteiger partial charge in [-0.1, -0.05) is 30.3 Å². The van der Waals surface area contributed by atoms with Crippen LogP contribution in [0, 0.1) is 11.3 Å². The van der Waals surface area contributed by atoms with Gasteiger partial charge in [-0.3, -0.25) is 4.79 Å². The summed E-state index contributed by atoms with van der Waals surface area (Å²) in [4.78, 5) is 11.7. The minimum atomic E-state index is 0.0390. The zero-order chi connectivity index (χ0) is 15.6. The molecule has 0 aliphatic carbocycles. The molecule has 0 unspecified atom stereocenters. The molecule has 4 heteroatoms. The molecular weight excluding hydrogens is 274 g/mol. The lowest BCUT2D eigenvalue weighted by molar-refractivity contribution is -0.120. The molecule has 1 amide bonds. The highest BCUT2D eigenvalue weighted by atomic mass is 16.1. The van der Waals surface area contributed by atoms with Gasteiger partial charge in [0, 0.05) is 25.2 Å². The quantitative estimate of drug-likeness (QED) is 0.825. The van der Waals surface area contributed by atoms with Crippen LogP contribution in [0.3, 0.4) is 0 Å². The maximum absolute atomic E-state index is 11.7. The lowest BCUT2D eigenvalue weighted by Crippen LogP contribution is -2.27. The van der Waals surface area contributed by atoms with Crippen molar-refractivity contribution in [3.8, 4) is 6.07 Å². The van der Waals surface area contributed by atoms with Crippen molar-refractivity contribution in [1.82, 2.24) is 5.32 Å². The van der Waals surface area contributed by atoms with Crippen LogP contribution in [0.4, 0.5) is 5.69 Å². The predicted molar refractivity (Wildman–Crippen MR) is 87.4 cm³/mol. The molecule has 22 heavy (non-hydrogen) atoms. The van der Waals surface area contributed by atoms with Gasteiger partial charge in [0.15, 0.2) is 0 Å². The normalized spacial score (nSPS) is 9.77. The number of amides is 1. The Balaban J connectivity index is 1.62. The van der Waals surface area contributed by atoms with Gasteiger partial charge in [0.1, 0.15) is 0 Å². The van der Waals surface area contributed by atoms with Crippen LogP contribution in [-0.4, -0.2) is 19.0 Å². The lowest BCUT2D eigenvalue weighted by Gasteiger charge is -2.07. The van der Waals surface area contributed by atoms with Crippen LogP contribution in [0.2, 0.25) is 0 Å². The zero-order valence-electron chi connectivity index (χ0n) is 12.4. The molecule has 2 N–H and O–H groups in total. The number of nitrogens with zero attached hydrogens (tertiary/aromatic N) is 1. The Hall–Kier alpha value is -2.80. The first-order chi connectivity index (χ1) is 10.8. The molecule has 0 heterocycles. The average Bonchev–Trinajstić information content (AvgIpc) is 2.56. The Morgan fingerprint density at radius 3 is 2.41 bits per heavy atom. The van der Waals surface area contributed by atoms with E-state index in [0.29, 0.717) is 25.1 Å². The van der Waals surface area contributed by atoms with Crippen LogP contribution in [0.15, 0.2) is 54.6 Å². The van der Waals surface area contributed by atoms with Crippen molar-refractivity contribution >= 4 is 11.6 Å². The van der Waals surface area contributed by atoms with Gasteiger partial charge in [-0.25, -0.2) is 0 Å². The molecule has 2 aromatic rings. The molecule has 0 aliphatic heterocycles. The van der Waals surface area contributed by atoms with Crippen LogP contribution in [0.1, 0.15) is 17.5 Å². The van der Waals surface area contributed by atoms with Gasteiger partial charge in [0.2, 0.25) is 5.91 Å². The van der Waals surface area contributed by atoms with Crippen LogP contribution < -0.4 is 10.6 Å². The summed E-state index contributed by atoms with van der Waals surface area (Å²) in [5, 5.41) is 14.8. The van der Waals surface area contributed by atoms with Crippen molar-refractivity contribution in [3.05, 3.63) is 65.7 Å². The minimum absolute atomic E-state index is 0.0390. The fourth-order valence-electron chi connectivity index (χ4n) is 2.06. The SMILES string of the molecule is N#Cc1ccc(NCCC(=O)NCCc2ccccc2)cc1. The Kier molecular flexibility index (Phi) is 6.01. The minimum Gasteiger partial charge on any atom is -0.385 e. The molecule has 112 valence electrons. The van der Waals surface area contributed by atoms with Crippen LogP contribution >= 0.6 is 0 Å². The Morgan fingerprint density at radius 1 is 1.00 bits per heavy atom. The third-order valence-corrected chi connectivity index (χ3v) is 3.27. The zero-order valence-corrected chi connectivity index (χ0v) is 12.4. The summed E-state index contributed by atoms with van der Waals surface area (Å²) in [7, 11) is 0. The topological polar surface area (TPSA) is 64.9 Å². The standard InChI is InChI=1S/C18H19N3O/c19-14-16-6-8-17(9-7-16)20-13-11-18(22)21-12-10-15-4-2-1-3-5-15/h1-9,20H,10-13H2,(H,21,22). The van der Waals surface area contributed by atoms with E-state index in [-0.39, 0.29) is 5.91 Å². The van der Waals surface area contributed by atoms with Gasteiger partial charge in [-0.15, -0.1) is 0 Å². The van der Waals surface area contributed by atoms with E-state index in [1.54, 1.807) is 12.1 Å². The van der Waals surface area contributed by atoms with Gasteiger partial charge in [0.25, 0.3) is 0 Å². The van der Waals surface area contributed by atoms with Gasteiger partial charge in [-0.05, 0) is 36.2 Å². The summed E-state index contributed by atoms with van der Waals surface area (Å²) in [6.07, 6.45) is 1.27. The summed E-state index contributed by atoms with van der Waals surface area (Å²) >= 11 is 0. The molecular formula is C18H19N3O. The average molecular weight is 293 g/mol. The molecule has 4 nitrogen and oxygen atoms in total. The lowest BCUT2D eigenvalue weighted by atomic mass is 10.1. The van der Waals surface area contributed by atoms with E-state index in [2.05, 4.69) is 28.8 Å². The van der Waals surface area contributed by atoms with E-state index in [9.17, 15) is 4.79 Å². The molecule has 0 radical (unpaired) electrons. The van der Waals surface area contributed by atoms with Crippen LogP contribution in [-0.2, 0) is 11.2 Å². The Morgan fingerprint density at radius 2 is 1.73 bits per heavy atom. The van der Waals surface area contributed by atoms with E-state index in [0.717, 1.165) is 12.1 Å². The first-order valence-electron chi connectivity index (χ1n) is 7.32. The maximum Gasteiger partial charge on any atom is 0.221 e. The summed E-state index contributed by atoms with van der Waals surface area (Å²) in [5.74, 6) is 0.0390. The molecule has 2 aromatic carbocycles. The predicted octanol–water partition coefficient (Wildman–Crippen LogP) is 2.72. The van der Waals surface area contributed by atoms with Crippen molar-refractivity contribution in [2.45, 2.75) is 12.8 Å². The van der Waals surface area contributed by atoms with Crippen LogP contribution in [0.25, 0.3) is 0 Å². The van der Waals surface area contributed by atoms with Crippen molar-refractivity contribution in [2.24, 2.45) is 0 Å². The first-order valence-corrected chi connectivity index (χ1v) is 7.32. The molecule has 0 aromatic heterocycles. The molecule has 0 fully saturated rings. The van der Waals surface area contributed by atoms with Gasteiger partial charge in [-0.2, -0.15) is 5.26 Å². The fraction of sp³-hybridized carbons (Fsp3) is 0.222. The Labute approximate surface area is 130 Å². The van der Waals surface area contributed by atoms with E-state index >= 15 is 0 Å². The molecule has 2 rings (SSSR count). The number of anilines is 1. The summed E-state index contributed by atoms with van der Waals surface area (Å²) in [6, 6.07) is 19.3. The number of nitriles is 1. The number of hydrogen-bond donors (Lipinski definition) is 2. The molecule has 0 aliphatic rings. The van der Waals surface area contributed by atoms with E-state index in [1.807, 2.05) is 30.3 Å². The van der Waals surface area contributed by atoms with Gasteiger partial charge < -0.3 is 10.6 Å². The second-order valence-electron chi connectivity index (χ2n) is 4.95. The van der Waals surface area contributed by atoms with Crippen molar-refractivity contribution < 1.29 is 4.79 Å². The molecule has 0 spiro atoms. The highest BCUT2D eigenvalue weighted by Crippen LogP contribution is 2.08. The molecule has 0 atom stereocenters. The summed E-state index contributed by atoms with van der Waals surface area (Å²) < 4.78 is 0. The van der Waals surface area contributed by atoms with Gasteiger partial charge >= 0.3 is 0 Å². The highest BCUT2D eigenvalue weighted by molar-refractivity contribution is 5.76. The molecule has 0 bridgehead atoms. The molecule has 0 saturated heterocycles. The monoisotopic (exact) mass is 293 g/mol. The molecule has 0 saturated carbocycles. The van der Waals surface area contributed by atoms with Crippen molar-refractivity contribution in [2.75, 3.05) is 18.4 Å². The van der Waals surface area contributed by atoms with Gasteiger partial charge in [0.05, 0.1) is 11.6 Å². The first kappa shape index (κ1) is 15.6. The number of benzene rings is 2. The third-order valence-electron chi connectivity index (χ3n) is 3.27. The number of rotatable bonds is 7. The largest absolute Gasteiger partial charge is 0.385 e. The van der Waals surface area contributed by atoms with E-state index in [4.69, 9.17) is 5.26 Å². The van der Waals surface area contributed by atoms with E-state index in [1.165, 1.54) is 5.56 Å². The number of carbonyl (C=O) groups excluding carboxylic acids is 1. The summed E-state index contributed by atoms with van der Waals surface area (Å²) in [5.41, 5.74) is 2.76. The maximum atomic E-state index is 11.7. The second-order valence-corrected chi connectivity index (χ2v) is 4.95. The number of carbonyl (C=O) groups is 1. The number of nitrogens with one attached hydrogen (secondary N) is 2. The Bertz CT molecular complexity index is 630. The smallest absolute Gasteiger partial charge is 0.221 e. The van der Waals surface area contributed by atoms with Crippen molar-refractivity contribution in [3.63, 3.8) is 0 Å². The van der Waals surface area contributed by atoms with Crippen LogP contribution in [0.5, 0.6) is 0 Å². The summed E-state index contributed by atoms with van der Waals surface area (Å²) in [6.45, 7) is 1.22. The van der Waals surface area contributed by atoms with Crippen molar-refractivity contribution in [1.29, 1.82) is 5.26 Å². The highest BCUT2D eigenvalue weighted by Gasteiger charge is 2.01.